The molecule has 0 spiro atoms. The molecule has 1 saturated carbocycles. The highest BCUT2D eigenvalue weighted by molar-refractivity contribution is 5.94. The number of nitrogens with zero attached hydrogens (tertiary/aromatic N) is 1. The van der Waals surface area contributed by atoms with Gasteiger partial charge in [0, 0.05) is 24.7 Å². The molecule has 1 aliphatic carbocycles. The highest BCUT2D eigenvalue weighted by Gasteiger charge is 2.29. The van der Waals surface area contributed by atoms with Crippen LogP contribution in [0, 0.1) is 5.92 Å². The summed E-state index contributed by atoms with van der Waals surface area (Å²) in [5.74, 6) is 0.940. The number of carbonyl (C=O) groups excluding carboxylic acids is 1. The first-order chi connectivity index (χ1) is 9.79. The van der Waals surface area contributed by atoms with Crippen LogP contribution >= 0.6 is 0 Å². The summed E-state index contributed by atoms with van der Waals surface area (Å²) in [6.45, 7) is 0.841. The van der Waals surface area contributed by atoms with E-state index in [0.29, 0.717) is 17.9 Å². The van der Waals surface area contributed by atoms with E-state index < -0.39 is 0 Å². The first-order valence-electron chi connectivity index (χ1n) is 7.86. The van der Waals surface area contributed by atoms with Crippen LogP contribution in [-0.2, 0) is 4.79 Å². The van der Waals surface area contributed by atoms with Crippen LogP contribution in [-0.4, -0.2) is 19.5 Å². The van der Waals surface area contributed by atoms with Crippen molar-refractivity contribution in [3.8, 4) is 0 Å². The fraction of sp³-hybridized carbons (Fsp3) is 0.588. The number of amides is 1. The van der Waals surface area contributed by atoms with Crippen LogP contribution in [0.4, 0.5) is 5.69 Å². The van der Waals surface area contributed by atoms with Gasteiger partial charge in [-0.25, -0.2) is 0 Å². The molecule has 2 aliphatic rings. The van der Waals surface area contributed by atoms with E-state index in [9.17, 15) is 4.79 Å². The lowest BCUT2D eigenvalue weighted by molar-refractivity contribution is -0.119. The van der Waals surface area contributed by atoms with Gasteiger partial charge in [0.25, 0.3) is 0 Å². The Kier molecular flexibility index (Phi) is 4.06. The summed E-state index contributed by atoms with van der Waals surface area (Å²) in [6, 6.07) is 8.71. The minimum absolute atomic E-state index is 0.318. The molecule has 1 unspecified atom stereocenters. The van der Waals surface area contributed by atoms with Crippen molar-refractivity contribution < 1.29 is 4.79 Å². The molecular formula is C17H24N2O. The van der Waals surface area contributed by atoms with E-state index in [2.05, 4.69) is 23.5 Å². The predicted molar refractivity (Wildman–Crippen MR) is 81.8 cm³/mol. The van der Waals surface area contributed by atoms with Gasteiger partial charge in [0.05, 0.1) is 0 Å². The molecule has 1 aromatic rings. The van der Waals surface area contributed by atoms with Crippen molar-refractivity contribution >= 4 is 11.6 Å². The van der Waals surface area contributed by atoms with Crippen LogP contribution in [0.25, 0.3) is 0 Å². The SMILES string of the molecule is CNC1CCN(C(=O)CC2CCCC2)c2ccccc21. The van der Waals surface area contributed by atoms with E-state index >= 15 is 0 Å². The highest BCUT2D eigenvalue weighted by Crippen LogP contribution is 2.35. The number of fused-ring (bicyclic) bond motifs is 1. The Labute approximate surface area is 121 Å². The van der Waals surface area contributed by atoms with Crippen molar-refractivity contribution in [2.45, 2.75) is 44.6 Å². The third-order valence-corrected chi connectivity index (χ3v) is 4.83. The molecule has 1 aliphatic heterocycles. The van der Waals surface area contributed by atoms with Gasteiger partial charge < -0.3 is 10.2 Å². The Hall–Kier alpha value is -1.35. The number of rotatable bonds is 3. The number of para-hydroxylation sites is 1. The quantitative estimate of drug-likeness (QED) is 0.916. The largest absolute Gasteiger partial charge is 0.313 e. The number of hydrogen-bond acceptors (Lipinski definition) is 2. The van der Waals surface area contributed by atoms with Crippen molar-refractivity contribution in [1.29, 1.82) is 0 Å². The molecule has 1 aromatic carbocycles. The summed E-state index contributed by atoms with van der Waals surface area (Å²) in [7, 11) is 2.00. The number of nitrogens with one attached hydrogen (secondary N) is 1. The minimum atomic E-state index is 0.318. The van der Waals surface area contributed by atoms with E-state index in [1.54, 1.807) is 0 Å². The standard InChI is InChI=1S/C17H24N2O/c1-18-15-10-11-19(16-9-5-4-8-14(15)16)17(20)12-13-6-2-3-7-13/h4-5,8-9,13,15,18H,2-3,6-7,10-12H2,1H3. The molecule has 3 rings (SSSR count). The average molecular weight is 272 g/mol. The summed E-state index contributed by atoms with van der Waals surface area (Å²) in [6.07, 6.45) is 6.82. The zero-order valence-corrected chi connectivity index (χ0v) is 12.3. The molecule has 1 fully saturated rings. The van der Waals surface area contributed by atoms with E-state index in [4.69, 9.17) is 0 Å². The van der Waals surface area contributed by atoms with E-state index in [0.717, 1.165) is 25.1 Å². The highest BCUT2D eigenvalue weighted by atomic mass is 16.2. The van der Waals surface area contributed by atoms with Gasteiger partial charge in [0.2, 0.25) is 5.91 Å². The van der Waals surface area contributed by atoms with Crippen LogP contribution < -0.4 is 10.2 Å². The molecule has 1 N–H and O–H groups in total. The number of benzene rings is 1. The Morgan fingerprint density at radius 2 is 2.00 bits per heavy atom. The molecule has 1 atom stereocenters. The first-order valence-corrected chi connectivity index (χ1v) is 7.86. The van der Waals surface area contributed by atoms with Crippen molar-refractivity contribution in [2.75, 3.05) is 18.5 Å². The Morgan fingerprint density at radius 3 is 2.75 bits per heavy atom. The summed E-state index contributed by atoms with van der Waals surface area (Å²) in [5, 5.41) is 3.35. The van der Waals surface area contributed by atoms with Crippen molar-refractivity contribution in [3.63, 3.8) is 0 Å². The molecule has 3 nitrogen and oxygen atoms in total. The van der Waals surface area contributed by atoms with Crippen LogP contribution in [0.15, 0.2) is 24.3 Å². The summed E-state index contributed by atoms with van der Waals surface area (Å²) in [5.41, 5.74) is 2.38. The van der Waals surface area contributed by atoms with Gasteiger partial charge in [-0.15, -0.1) is 0 Å². The second kappa shape index (κ2) is 5.96. The van der Waals surface area contributed by atoms with Gasteiger partial charge in [0.15, 0.2) is 0 Å². The van der Waals surface area contributed by atoms with Crippen LogP contribution in [0.5, 0.6) is 0 Å². The fourth-order valence-corrected chi connectivity index (χ4v) is 3.69. The van der Waals surface area contributed by atoms with Gasteiger partial charge in [-0.1, -0.05) is 31.0 Å². The smallest absolute Gasteiger partial charge is 0.227 e. The topological polar surface area (TPSA) is 32.3 Å². The number of carbonyl (C=O) groups is 1. The lowest BCUT2D eigenvalue weighted by Crippen LogP contribution is -2.39. The second-order valence-corrected chi connectivity index (χ2v) is 6.09. The maximum absolute atomic E-state index is 12.6. The molecule has 1 heterocycles. The average Bonchev–Trinajstić information content (AvgIpc) is 2.99. The van der Waals surface area contributed by atoms with Gasteiger partial charge in [-0.05, 0) is 43.9 Å². The molecule has 108 valence electrons. The molecule has 20 heavy (non-hydrogen) atoms. The fourth-order valence-electron chi connectivity index (χ4n) is 3.69. The molecule has 0 radical (unpaired) electrons. The minimum Gasteiger partial charge on any atom is -0.313 e. The Morgan fingerprint density at radius 1 is 1.25 bits per heavy atom. The molecule has 0 saturated heterocycles. The van der Waals surface area contributed by atoms with Crippen LogP contribution in [0.1, 0.15) is 50.1 Å². The van der Waals surface area contributed by atoms with Crippen molar-refractivity contribution in [2.24, 2.45) is 5.92 Å². The van der Waals surface area contributed by atoms with Crippen LogP contribution in [0.2, 0.25) is 0 Å². The lowest BCUT2D eigenvalue weighted by Gasteiger charge is -2.34. The second-order valence-electron chi connectivity index (χ2n) is 6.09. The number of hydrogen-bond donors (Lipinski definition) is 1. The summed E-state index contributed by atoms with van der Waals surface area (Å²) >= 11 is 0. The zero-order valence-electron chi connectivity index (χ0n) is 12.3. The lowest BCUT2D eigenvalue weighted by atomic mass is 9.95. The summed E-state index contributed by atoms with van der Waals surface area (Å²) < 4.78 is 0. The third-order valence-electron chi connectivity index (χ3n) is 4.83. The van der Waals surface area contributed by atoms with E-state index in [1.807, 2.05) is 18.0 Å². The Bertz CT molecular complexity index is 480. The predicted octanol–water partition coefficient (Wildman–Crippen LogP) is 3.26. The van der Waals surface area contributed by atoms with E-state index in [1.165, 1.54) is 31.2 Å². The zero-order chi connectivity index (χ0) is 13.9. The molecule has 1 amide bonds. The van der Waals surface area contributed by atoms with Gasteiger partial charge >= 0.3 is 0 Å². The van der Waals surface area contributed by atoms with Crippen LogP contribution in [0.3, 0.4) is 0 Å². The molecule has 0 aromatic heterocycles. The van der Waals surface area contributed by atoms with Crippen molar-refractivity contribution in [1.82, 2.24) is 5.32 Å². The maximum Gasteiger partial charge on any atom is 0.227 e. The van der Waals surface area contributed by atoms with Gasteiger partial charge in [-0.2, -0.15) is 0 Å². The van der Waals surface area contributed by atoms with Gasteiger partial charge in [0.1, 0.15) is 0 Å². The molecule has 3 heteroatoms. The van der Waals surface area contributed by atoms with Gasteiger partial charge in [-0.3, -0.25) is 4.79 Å². The Balaban J connectivity index is 1.78. The molecular weight excluding hydrogens is 248 g/mol. The molecule has 0 bridgehead atoms. The van der Waals surface area contributed by atoms with E-state index in [-0.39, 0.29) is 0 Å². The van der Waals surface area contributed by atoms with Crippen molar-refractivity contribution in [3.05, 3.63) is 29.8 Å². The number of anilines is 1. The normalized spacial score (nSPS) is 22.9. The monoisotopic (exact) mass is 272 g/mol. The summed E-state index contributed by atoms with van der Waals surface area (Å²) in [4.78, 5) is 14.6. The third kappa shape index (κ3) is 2.59. The first kappa shape index (κ1) is 13.6. The maximum atomic E-state index is 12.6.